The van der Waals surface area contributed by atoms with Crippen molar-refractivity contribution >= 4 is 67.4 Å². The summed E-state index contributed by atoms with van der Waals surface area (Å²) < 4.78 is 0. The van der Waals surface area contributed by atoms with Crippen molar-refractivity contribution in [2.75, 3.05) is 0 Å². The number of hydrogen-bond donors (Lipinski definition) is 0. The molecular weight excluding hydrogens is 326 g/mol. The fourth-order valence-corrected chi connectivity index (χ4v) is 1.18. The number of unbranched alkanes of at least 4 members (excludes halogenated alkanes) is 1. The van der Waals surface area contributed by atoms with Crippen LogP contribution in [0.1, 0.15) is 38.5 Å². The van der Waals surface area contributed by atoms with Crippen LogP contribution in [0.2, 0.25) is 0 Å². The van der Waals surface area contributed by atoms with Gasteiger partial charge in [-0.15, -0.1) is 0 Å². The SMILES string of the molecule is O=C(Cl)CCC(=O)Cl.O=C(Cl)CCCCC(=O)Cl. The maximum Gasteiger partial charge on any atom is 0.222 e. The molecule has 0 amide bonds. The van der Waals surface area contributed by atoms with Crippen LogP contribution in [0.3, 0.4) is 0 Å². The molecule has 0 unspecified atom stereocenters. The third-order valence-corrected chi connectivity index (χ3v) is 2.27. The molecule has 0 aromatic rings. The maximum absolute atomic E-state index is 10.1. The Bertz CT molecular complexity index is 274. The summed E-state index contributed by atoms with van der Waals surface area (Å²) in [7, 11) is 0. The Kier molecular flexibility index (Phi) is 14.9. The van der Waals surface area contributed by atoms with Crippen LogP contribution < -0.4 is 0 Å². The Labute approximate surface area is 125 Å². The molecule has 104 valence electrons. The first kappa shape index (κ1) is 20.2. The minimum atomic E-state index is -0.529. The number of hydrogen-bond acceptors (Lipinski definition) is 4. The average Bonchev–Trinajstić information content (AvgIpc) is 2.22. The van der Waals surface area contributed by atoms with Crippen LogP contribution in [-0.4, -0.2) is 21.0 Å². The summed E-state index contributed by atoms with van der Waals surface area (Å²) in [5.74, 6) is 0. The van der Waals surface area contributed by atoms with Crippen LogP contribution in [0.4, 0.5) is 0 Å². The van der Waals surface area contributed by atoms with Crippen molar-refractivity contribution in [3.63, 3.8) is 0 Å². The van der Waals surface area contributed by atoms with Gasteiger partial charge in [0, 0.05) is 25.7 Å². The van der Waals surface area contributed by atoms with E-state index in [2.05, 4.69) is 0 Å². The van der Waals surface area contributed by atoms with Crippen LogP contribution in [0.25, 0.3) is 0 Å². The molecule has 0 saturated heterocycles. The highest BCUT2D eigenvalue weighted by molar-refractivity contribution is 6.66. The largest absolute Gasteiger partial charge is 0.281 e. The van der Waals surface area contributed by atoms with Gasteiger partial charge in [0.1, 0.15) is 0 Å². The van der Waals surface area contributed by atoms with Gasteiger partial charge in [0.15, 0.2) is 0 Å². The van der Waals surface area contributed by atoms with E-state index in [1.165, 1.54) is 0 Å². The third kappa shape index (κ3) is 24.9. The van der Waals surface area contributed by atoms with Gasteiger partial charge >= 0.3 is 0 Å². The molecule has 0 heterocycles. The van der Waals surface area contributed by atoms with Crippen LogP contribution in [0.15, 0.2) is 0 Å². The highest BCUT2D eigenvalue weighted by Crippen LogP contribution is 2.03. The zero-order valence-corrected chi connectivity index (χ0v) is 12.4. The summed E-state index contributed by atoms with van der Waals surface area (Å²) in [4.78, 5) is 40.1. The summed E-state index contributed by atoms with van der Waals surface area (Å²) in [6, 6.07) is 0. The fourth-order valence-electron chi connectivity index (χ4n) is 0.725. The summed E-state index contributed by atoms with van der Waals surface area (Å²) in [6.07, 6.45) is 1.99. The molecule has 0 N–H and O–H groups in total. The van der Waals surface area contributed by atoms with E-state index in [1.807, 2.05) is 0 Å². The van der Waals surface area contributed by atoms with E-state index in [4.69, 9.17) is 46.4 Å². The first-order chi connectivity index (χ1) is 8.25. The number of carbonyl (C=O) groups is 4. The van der Waals surface area contributed by atoms with Crippen molar-refractivity contribution in [2.24, 2.45) is 0 Å². The number of halogens is 4. The van der Waals surface area contributed by atoms with Crippen molar-refractivity contribution in [3.8, 4) is 0 Å². The maximum atomic E-state index is 10.1. The van der Waals surface area contributed by atoms with Gasteiger partial charge in [-0.2, -0.15) is 0 Å². The molecule has 0 aliphatic carbocycles. The van der Waals surface area contributed by atoms with Gasteiger partial charge in [-0.25, -0.2) is 0 Å². The molecule has 0 fully saturated rings. The van der Waals surface area contributed by atoms with Crippen LogP contribution in [-0.2, 0) is 19.2 Å². The lowest BCUT2D eigenvalue weighted by molar-refractivity contribution is -0.116. The number of carbonyl (C=O) groups excluding carboxylic acids is 4. The van der Waals surface area contributed by atoms with Gasteiger partial charge in [-0.05, 0) is 59.2 Å². The molecule has 0 spiro atoms. The second-order valence-electron chi connectivity index (χ2n) is 3.13. The standard InChI is InChI=1S/C6H8Cl2O2.C4H4Cl2O2/c7-5(9)3-1-2-4-6(8)10;5-3(7)1-2-4(6)8/h1-4H2;1-2H2. The molecule has 0 saturated carbocycles. The van der Waals surface area contributed by atoms with E-state index >= 15 is 0 Å². The van der Waals surface area contributed by atoms with E-state index in [1.54, 1.807) is 0 Å². The molecule has 18 heavy (non-hydrogen) atoms. The Morgan fingerprint density at radius 2 is 0.722 bits per heavy atom. The molecule has 4 nitrogen and oxygen atoms in total. The molecule has 0 radical (unpaired) electrons. The van der Waals surface area contributed by atoms with Gasteiger partial charge < -0.3 is 0 Å². The lowest BCUT2D eigenvalue weighted by Crippen LogP contribution is -1.90. The molecule has 0 aliphatic rings. The topological polar surface area (TPSA) is 68.3 Å². The van der Waals surface area contributed by atoms with E-state index in [9.17, 15) is 19.2 Å². The van der Waals surface area contributed by atoms with Crippen LogP contribution in [0, 0.1) is 0 Å². The second-order valence-corrected chi connectivity index (χ2v) is 4.81. The average molecular weight is 338 g/mol. The van der Waals surface area contributed by atoms with Crippen LogP contribution >= 0.6 is 46.4 Å². The van der Waals surface area contributed by atoms with Gasteiger partial charge in [0.05, 0.1) is 0 Å². The third-order valence-electron chi connectivity index (χ3n) is 1.51. The van der Waals surface area contributed by atoms with E-state index in [0.717, 1.165) is 0 Å². The van der Waals surface area contributed by atoms with Gasteiger partial charge in [0.2, 0.25) is 21.0 Å². The summed E-state index contributed by atoms with van der Waals surface area (Å²) in [5.41, 5.74) is 0. The molecule has 0 aromatic heterocycles. The fraction of sp³-hybridized carbons (Fsp3) is 0.600. The quantitative estimate of drug-likeness (QED) is 0.503. The predicted molar refractivity (Wildman–Crippen MR) is 71.1 cm³/mol. The molecule has 0 aromatic carbocycles. The summed E-state index contributed by atoms with van der Waals surface area (Å²) >= 11 is 19.8. The first-order valence-electron chi connectivity index (χ1n) is 4.99. The Balaban J connectivity index is 0. The monoisotopic (exact) mass is 336 g/mol. The molecule has 0 aliphatic heterocycles. The molecule has 8 heteroatoms. The zero-order chi connectivity index (χ0) is 14.6. The molecule has 0 rings (SSSR count). The summed E-state index contributed by atoms with van der Waals surface area (Å²) in [6.45, 7) is 0. The Hall–Kier alpha value is -0.160. The minimum absolute atomic E-state index is 0.0316. The van der Waals surface area contributed by atoms with Crippen molar-refractivity contribution in [3.05, 3.63) is 0 Å². The highest BCUT2D eigenvalue weighted by Gasteiger charge is 1.99. The second kappa shape index (κ2) is 13.3. The number of rotatable bonds is 8. The minimum Gasteiger partial charge on any atom is -0.281 e. The smallest absolute Gasteiger partial charge is 0.222 e. The van der Waals surface area contributed by atoms with Crippen molar-refractivity contribution < 1.29 is 19.2 Å². The zero-order valence-electron chi connectivity index (χ0n) is 9.39. The van der Waals surface area contributed by atoms with Gasteiger partial charge in [-0.3, -0.25) is 19.2 Å². The van der Waals surface area contributed by atoms with Crippen molar-refractivity contribution in [2.45, 2.75) is 38.5 Å². The molecule has 0 bridgehead atoms. The van der Waals surface area contributed by atoms with Gasteiger partial charge in [0.25, 0.3) is 0 Å². The lowest BCUT2D eigenvalue weighted by atomic mass is 10.2. The summed E-state index contributed by atoms with van der Waals surface area (Å²) in [5, 5.41) is -1.78. The van der Waals surface area contributed by atoms with Crippen LogP contribution in [0.5, 0.6) is 0 Å². The Morgan fingerprint density at radius 1 is 0.500 bits per heavy atom. The molecule has 0 atom stereocenters. The molecular formula is C10H12Cl4O4. The normalized spacial score (nSPS) is 9.11. The predicted octanol–water partition coefficient (Wildman–Crippen LogP) is 3.38. The van der Waals surface area contributed by atoms with E-state index in [0.29, 0.717) is 25.7 Å². The highest BCUT2D eigenvalue weighted by atomic mass is 35.5. The lowest BCUT2D eigenvalue weighted by Gasteiger charge is -1.91. The van der Waals surface area contributed by atoms with E-state index in [-0.39, 0.29) is 23.3 Å². The Morgan fingerprint density at radius 3 is 0.889 bits per heavy atom. The first-order valence-corrected chi connectivity index (χ1v) is 6.50. The van der Waals surface area contributed by atoms with Gasteiger partial charge in [-0.1, -0.05) is 0 Å². The van der Waals surface area contributed by atoms with E-state index < -0.39 is 10.5 Å². The van der Waals surface area contributed by atoms with Crippen molar-refractivity contribution in [1.29, 1.82) is 0 Å². The van der Waals surface area contributed by atoms with Crippen molar-refractivity contribution in [1.82, 2.24) is 0 Å².